The Morgan fingerprint density at radius 2 is 2.47 bits per heavy atom. The molecular formula is C11H15BrN2O. The van der Waals surface area contributed by atoms with E-state index in [-0.39, 0.29) is 0 Å². The van der Waals surface area contributed by atoms with Gasteiger partial charge in [-0.05, 0) is 52.5 Å². The maximum Gasteiger partial charge on any atom is 0.106 e. The third kappa shape index (κ3) is 3.00. The zero-order chi connectivity index (χ0) is 10.7. The summed E-state index contributed by atoms with van der Waals surface area (Å²) in [5, 5.41) is 9.05. The quantitative estimate of drug-likeness (QED) is 0.849. The summed E-state index contributed by atoms with van der Waals surface area (Å²) >= 11 is 3.37. The van der Waals surface area contributed by atoms with Gasteiger partial charge in [-0.3, -0.25) is 4.90 Å². The van der Waals surface area contributed by atoms with E-state index in [0.29, 0.717) is 12.5 Å². The van der Waals surface area contributed by atoms with Gasteiger partial charge in [0.05, 0.1) is 0 Å². The molecule has 15 heavy (non-hydrogen) atoms. The largest absolute Gasteiger partial charge is 0.396 e. The number of hydrogen-bond acceptors (Lipinski definition) is 3. The van der Waals surface area contributed by atoms with Crippen LogP contribution >= 0.6 is 15.9 Å². The number of aliphatic hydroxyl groups is 1. The molecule has 1 aliphatic heterocycles. The lowest BCUT2D eigenvalue weighted by molar-refractivity contribution is 0.220. The smallest absolute Gasteiger partial charge is 0.106 e. The maximum absolute atomic E-state index is 9.05. The molecule has 0 spiro atoms. The van der Waals surface area contributed by atoms with Gasteiger partial charge in [-0.1, -0.05) is 0 Å². The number of likely N-dealkylation sites (tertiary alicyclic amines) is 1. The fraction of sp³-hybridized carbons (Fsp3) is 0.545. The van der Waals surface area contributed by atoms with Crippen molar-refractivity contribution in [2.45, 2.75) is 13.0 Å². The monoisotopic (exact) mass is 270 g/mol. The first-order valence-corrected chi connectivity index (χ1v) is 6.01. The van der Waals surface area contributed by atoms with Gasteiger partial charge in [0.25, 0.3) is 0 Å². The van der Waals surface area contributed by atoms with Gasteiger partial charge in [0.2, 0.25) is 0 Å². The first kappa shape index (κ1) is 11.0. The fourth-order valence-corrected chi connectivity index (χ4v) is 2.42. The summed E-state index contributed by atoms with van der Waals surface area (Å²) < 4.78 is 0.887. The molecule has 1 aliphatic rings. The highest BCUT2D eigenvalue weighted by atomic mass is 79.9. The summed E-state index contributed by atoms with van der Waals surface area (Å²) in [6.07, 6.45) is 2.93. The molecule has 0 amide bonds. The van der Waals surface area contributed by atoms with E-state index in [4.69, 9.17) is 5.11 Å². The topological polar surface area (TPSA) is 36.4 Å². The Kier molecular flexibility index (Phi) is 3.72. The Hall–Kier alpha value is -0.450. The van der Waals surface area contributed by atoms with Crippen LogP contribution in [0.25, 0.3) is 0 Å². The van der Waals surface area contributed by atoms with Crippen LogP contribution in [0.15, 0.2) is 22.9 Å². The average molecular weight is 271 g/mol. The predicted molar refractivity (Wildman–Crippen MR) is 62.4 cm³/mol. The second-order valence-electron chi connectivity index (χ2n) is 4.06. The number of hydrogen-bond donors (Lipinski definition) is 1. The van der Waals surface area contributed by atoms with Gasteiger partial charge in [-0.25, -0.2) is 4.98 Å². The lowest BCUT2D eigenvalue weighted by Gasteiger charge is -2.15. The van der Waals surface area contributed by atoms with Crippen molar-refractivity contribution >= 4 is 15.9 Å². The van der Waals surface area contributed by atoms with Gasteiger partial charge in [0.15, 0.2) is 0 Å². The van der Waals surface area contributed by atoms with Crippen LogP contribution < -0.4 is 0 Å². The molecule has 2 heterocycles. The second-order valence-corrected chi connectivity index (χ2v) is 4.87. The Balaban J connectivity index is 1.92. The van der Waals surface area contributed by atoms with Crippen LogP contribution in [0.1, 0.15) is 12.0 Å². The summed E-state index contributed by atoms with van der Waals surface area (Å²) in [5.74, 6) is 0.468. The van der Waals surface area contributed by atoms with Crippen molar-refractivity contribution < 1.29 is 5.11 Å². The number of nitrogens with zero attached hydrogens (tertiary/aromatic N) is 2. The van der Waals surface area contributed by atoms with Crippen LogP contribution in [0.3, 0.4) is 0 Å². The Bertz CT molecular complexity index is 332. The Morgan fingerprint density at radius 3 is 3.13 bits per heavy atom. The van der Waals surface area contributed by atoms with Crippen molar-refractivity contribution in [3.8, 4) is 0 Å². The first-order chi connectivity index (χ1) is 7.28. The van der Waals surface area contributed by atoms with E-state index < -0.39 is 0 Å². The van der Waals surface area contributed by atoms with Crippen molar-refractivity contribution in [1.29, 1.82) is 0 Å². The highest BCUT2D eigenvalue weighted by Gasteiger charge is 2.21. The third-order valence-corrected chi connectivity index (χ3v) is 3.26. The molecule has 2 rings (SSSR count). The fourth-order valence-electron chi connectivity index (χ4n) is 2.00. The van der Waals surface area contributed by atoms with Gasteiger partial charge in [0.1, 0.15) is 4.60 Å². The number of aliphatic hydroxyl groups excluding tert-OH is 1. The van der Waals surface area contributed by atoms with Crippen LogP contribution in [0.5, 0.6) is 0 Å². The van der Waals surface area contributed by atoms with Crippen LogP contribution in [-0.2, 0) is 6.54 Å². The number of halogens is 1. The zero-order valence-corrected chi connectivity index (χ0v) is 10.2. The summed E-state index contributed by atoms with van der Waals surface area (Å²) in [6.45, 7) is 3.37. The van der Waals surface area contributed by atoms with E-state index in [0.717, 1.165) is 30.7 Å². The average Bonchev–Trinajstić information content (AvgIpc) is 2.65. The van der Waals surface area contributed by atoms with Crippen LogP contribution in [0, 0.1) is 5.92 Å². The van der Waals surface area contributed by atoms with Crippen molar-refractivity contribution in [3.05, 3.63) is 28.5 Å². The van der Waals surface area contributed by atoms with E-state index in [9.17, 15) is 0 Å². The molecule has 0 aliphatic carbocycles. The van der Waals surface area contributed by atoms with Gasteiger partial charge >= 0.3 is 0 Å². The van der Waals surface area contributed by atoms with Crippen molar-refractivity contribution in [2.75, 3.05) is 19.7 Å². The standard InChI is InChI=1S/C11H15BrN2O/c12-11-5-9(1-3-13-11)6-14-4-2-10(7-14)8-15/h1,3,5,10,15H,2,4,6-8H2. The summed E-state index contributed by atoms with van der Waals surface area (Å²) in [5.41, 5.74) is 1.27. The van der Waals surface area contributed by atoms with E-state index in [2.05, 4.69) is 25.8 Å². The van der Waals surface area contributed by atoms with Gasteiger partial charge in [-0.15, -0.1) is 0 Å². The molecule has 0 radical (unpaired) electrons. The molecule has 3 nitrogen and oxygen atoms in total. The molecule has 1 unspecified atom stereocenters. The summed E-state index contributed by atoms with van der Waals surface area (Å²) in [4.78, 5) is 6.48. The molecule has 1 fully saturated rings. The second kappa shape index (κ2) is 5.05. The lowest BCUT2D eigenvalue weighted by Crippen LogP contribution is -2.20. The van der Waals surface area contributed by atoms with E-state index >= 15 is 0 Å². The van der Waals surface area contributed by atoms with Crippen molar-refractivity contribution in [1.82, 2.24) is 9.88 Å². The molecule has 1 N–H and O–H groups in total. The normalized spacial score (nSPS) is 22.1. The Morgan fingerprint density at radius 1 is 1.60 bits per heavy atom. The first-order valence-electron chi connectivity index (χ1n) is 5.21. The molecule has 0 bridgehead atoms. The minimum absolute atomic E-state index is 0.316. The van der Waals surface area contributed by atoms with Crippen LogP contribution in [0.2, 0.25) is 0 Å². The lowest BCUT2D eigenvalue weighted by atomic mass is 10.1. The molecule has 1 atom stereocenters. The van der Waals surface area contributed by atoms with E-state index in [1.54, 1.807) is 0 Å². The highest BCUT2D eigenvalue weighted by molar-refractivity contribution is 9.10. The van der Waals surface area contributed by atoms with Gasteiger partial charge in [0, 0.05) is 25.9 Å². The third-order valence-electron chi connectivity index (χ3n) is 2.83. The van der Waals surface area contributed by atoms with E-state index in [1.807, 2.05) is 18.3 Å². The molecule has 4 heteroatoms. The zero-order valence-electron chi connectivity index (χ0n) is 8.56. The number of rotatable bonds is 3. The molecule has 1 aromatic rings. The highest BCUT2D eigenvalue weighted by Crippen LogP contribution is 2.18. The van der Waals surface area contributed by atoms with Crippen LogP contribution in [-0.4, -0.2) is 34.7 Å². The minimum Gasteiger partial charge on any atom is -0.396 e. The maximum atomic E-state index is 9.05. The molecular weight excluding hydrogens is 256 g/mol. The number of pyridine rings is 1. The van der Waals surface area contributed by atoms with Crippen molar-refractivity contribution in [3.63, 3.8) is 0 Å². The molecule has 82 valence electrons. The Labute approximate surface area is 98.3 Å². The summed E-state index contributed by atoms with van der Waals surface area (Å²) in [7, 11) is 0. The predicted octanol–water partition coefficient (Wildman–Crippen LogP) is 1.66. The van der Waals surface area contributed by atoms with Gasteiger partial charge in [-0.2, -0.15) is 0 Å². The number of aromatic nitrogens is 1. The molecule has 0 aromatic carbocycles. The van der Waals surface area contributed by atoms with E-state index in [1.165, 1.54) is 5.56 Å². The minimum atomic E-state index is 0.316. The summed E-state index contributed by atoms with van der Waals surface area (Å²) in [6, 6.07) is 4.09. The SMILES string of the molecule is OCC1CCN(Cc2ccnc(Br)c2)C1. The molecule has 1 aromatic heterocycles. The van der Waals surface area contributed by atoms with Crippen molar-refractivity contribution in [2.24, 2.45) is 5.92 Å². The van der Waals surface area contributed by atoms with Gasteiger partial charge < -0.3 is 5.11 Å². The molecule has 1 saturated heterocycles. The molecule has 0 saturated carbocycles. The van der Waals surface area contributed by atoms with Crippen LogP contribution in [0.4, 0.5) is 0 Å².